The molecule has 1 N–H and O–H groups in total. The van der Waals surface area contributed by atoms with Crippen LogP contribution in [0, 0.1) is 5.92 Å². The molecule has 0 bridgehead atoms. The van der Waals surface area contributed by atoms with Crippen molar-refractivity contribution in [1.29, 1.82) is 0 Å². The minimum atomic E-state index is -0.847. The van der Waals surface area contributed by atoms with Gasteiger partial charge in [-0.15, -0.1) is 0 Å². The monoisotopic (exact) mass is 394 g/mol. The number of aromatic nitrogens is 1. The molecule has 1 amide bonds. The Balaban J connectivity index is 1.89. The summed E-state index contributed by atoms with van der Waals surface area (Å²) in [5.41, 5.74) is 1.28. The summed E-state index contributed by atoms with van der Waals surface area (Å²) in [4.78, 5) is 30.0. The minimum Gasteiger partial charge on any atom is -0.477 e. The zero-order valence-corrected chi connectivity index (χ0v) is 17.5. The number of ketones is 1. The van der Waals surface area contributed by atoms with Crippen molar-refractivity contribution in [1.82, 2.24) is 10.3 Å². The van der Waals surface area contributed by atoms with Crippen molar-refractivity contribution in [3.8, 4) is 17.0 Å². The molecule has 5 nitrogen and oxygen atoms in total. The summed E-state index contributed by atoms with van der Waals surface area (Å²) in [5, 5.41) is 2.95. The standard InChI is InChI=1S/C24H30N2O3/c1-4-21(27)24(5-2,6-3)26-22(28)20-15-14-19(18-10-8-7-9-11-18)23(25-20)29-16-17-12-13-17/h7-11,14-15,17H,4-6,12-13,16H2,1-3H3,(H,26,28). The molecule has 0 radical (unpaired) electrons. The second-order valence-corrected chi connectivity index (χ2v) is 7.69. The van der Waals surface area contributed by atoms with Crippen LogP contribution in [0.25, 0.3) is 11.1 Å². The van der Waals surface area contributed by atoms with E-state index >= 15 is 0 Å². The van der Waals surface area contributed by atoms with Gasteiger partial charge in [0.2, 0.25) is 5.88 Å². The van der Waals surface area contributed by atoms with Gasteiger partial charge in [-0.05, 0) is 49.3 Å². The van der Waals surface area contributed by atoms with E-state index < -0.39 is 5.54 Å². The van der Waals surface area contributed by atoms with Gasteiger partial charge in [-0.3, -0.25) is 9.59 Å². The van der Waals surface area contributed by atoms with Crippen molar-refractivity contribution < 1.29 is 14.3 Å². The molecule has 0 aliphatic heterocycles. The second-order valence-electron chi connectivity index (χ2n) is 7.69. The summed E-state index contributed by atoms with van der Waals surface area (Å²) in [6.07, 6.45) is 3.84. The highest BCUT2D eigenvalue weighted by Gasteiger charge is 2.35. The molecule has 2 aromatic rings. The Kier molecular flexibility index (Phi) is 6.68. The van der Waals surface area contributed by atoms with Crippen molar-refractivity contribution in [2.24, 2.45) is 5.92 Å². The van der Waals surface area contributed by atoms with Crippen LogP contribution in [0.3, 0.4) is 0 Å². The molecule has 3 rings (SSSR count). The number of ether oxygens (including phenoxy) is 1. The number of rotatable bonds is 10. The number of carbonyl (C=O) groups is 2. The highest BCUT2D eigenvalue weighted by Crippen LogP contribution is 2.33. The largest absolute Gasteiger partial charge is 0.477 e. The maximum Gasteiger partial charge on any atom is 0.270 e. The van der Waals surface area contributed by atoms with Crippen LogP contribution in [0.1, 0.15) is 63.4 Å². The molecule has 154 valence electrons. The first-order valence-electron chi connectivity index (χ1n) is 10.6. The molecule has 1 aliphatic carbocycles. The number of pyridine rings is 1. The van der Waals surface area contributed by atoms with Gasteiger partial charge >= 0.3 is 0 Å². The summed E-state index contributed by atoms with van der Waals surface area (Å²) in [6.45, 7) is 6.28. The predicted molar refractivity (Wildman–Crippen MR) is 114 cm³/mol. The molecule has 0 atom stereocenters. The van der Waals surface area contributed by atoms with Crippen molar-refractivity contribution >= 4 is 11.7 Å². The van der Waals surface area contributed by atoms with Gasteiger partial charge in [0.25, 0.3) is 5.91 Å². The average Bonchev–Trinajstić information content (AvgIpc) is 3.60. The van der Waals surface area contributed by atoms with E-state index in [9.17, 15) is 9.59 Å². The average molecular weight is 395 g/mol. The first-order valence-corrected chi connectivity index (χ1v) is 10.6. The maximum atomic E-state index is 13.0. The van der Waals surface area contributed by atoms with E-state index in [2.05, 4.69) is 10.3 Å². The summed E-state index contributed by atoms with van der Waals surface area (Å²) in [6, 6.07) is 13.5. The molecule has 1 aromatic heterocycles. The zero-order valence-electron chi connectivity index (χ0n) is 17.5. The fourth-order valence-corrected chi connectivity index (χ4v) is 3.51. The fraction of sp³-hybridized carbons (Fsp3) is 0.458. The zero-order chi connectivity index (χ0) is 20.9. The van der Waals surface area contributed by atoms with E-state index in [4.69, 9.17) is 4.74 Å². The van der Waals surface area contributed by atoms with E-state index in [1.165, 1.54) is 12.8 Å². The number of nitrogens with zero attached hydrogens (tertiary/aromatic N) is 1. The van der Waals surface area contributed by atoms with Crippen LogP contribution < -0.4 is 10.1 Å². The molecule has 1 saturated carbocycles. The Morgan fingerprint density at radius 1 is 1.07 bits per heavy atom. The third-order valence-corrected chi connectivity index (χ3v) is 5.75. The van der Waals surface area contributed by atoms with Crippen LogP contribution in [-0.2, 0) is 4.79 Å². The molecular weight excluding hydrogens is 364 g/mol. The van der Waals surface area contributed by atoms with Gasteiger partial charge in [0.05, 0.1) is 12.1 Å². The van der Waals surface area contributed by atoms with Crippen LogP contribution >= 0.6 is 0 Å². The number of hydrogen-bond donors (Lipinski definition) is 1. The van der Waals surface area contributed by atoms with E-state index in [-0.39, 0.29) is 17.4 Å². The first kappa shape index (κ1) is 21.0. The van der Waals surface area contributed by atoms with Crippen LogP contribution in [0.4, 0.5) is 0 Å². The normalized spacial score (nSPS) is 13.8. The van der Waals surface area contributed by atoms with Crippen LogP contribution in [0.5, 0.6) is 5.88 Å². The molecule has 0 saturated heterocycles. The van der Waals surface area contributed by atoms with E-state index in [0.29, 0.717) is 37.7 Å². The highest BCUT2D eigenvalue weighted by atomic mass is 16.5. The molecule has 1 fully saturated rings. The molecular formula is C24H30N2O3. The van der Waals surface area contributed by atoms with Crippen molar-refractivity contribution in [2.45, 2.75) is 58.4 Å². The molecule has 1 heterocycles. The highest BCUT2D eigenvalue weighted by molar-refractivity contribution is 5.99. The first-order chi connectivity index (χ1) is 14.0. The Labute approximate surface area is 172 Å². The van der Waals surface area contributed by atoms with Crippen LogP contribution in [0.2, 0.25) is 0 Å². The number of Topliss-reactive ketones (excluding diaryl/α,β-unsaturated/α-hetero) is 1. The summed E-state index contributed by atoms with van der Waals surface area (Å²) in [5.74, 6) is 0.748. The van der Waals surface area contributed by atoms with Crippen LogP contribution in [0.15, 0.2) is 42.5 Å². The van der Waals surface area contributed by atoms with Crippen LogP contribution in [-0.4, -0.2) is 28.8 Å². The third-order valence-electron chi connectivity index (χ3n) is 5.75. The van der Waals surface area contributed by atoms with Crippen molar-refractivity contribution in [3.05, 3.63) is 48.2 Å². The molecule has 0 unspecified atom stereocenters. The predicted octanol–water partition coefficient (Wildman–Crippen LogP) is 4.81. The summed E-state index contributed by atoms with van der Waals surface area (Å²) < 4.78 is 6.00. The van der Waals surface area contributed by atoms with Gasteiger partial charge in [0.1, 0.15) is 5.69 Å². The van der Waals surface area contributed by atoms with E-state index in [1.54, 1.807) is 6.07 Å². The number of amides is 1. The van der Waals surface area contributed by atoms with Gasteiger partial charge in [0, 0.05) is 12.0 Å². The minimum absolute atomic E-state index is 0.0435. The topological polar surface area (TPSA) is 68.3 Å². The lowest BCUT2D eigenvalue weighted by Gasteiger charge is -2.31. The lowest BCUT2D eigenvalue weighted by Crippen LogP contribution is -2.53. The van der Waals surface area contributed by atoms with Crippen molar-refractivity contribution in [3.63, 3.8) is 0 Å². The molecule has 0 spiro atoms. The Bertz CT molecular complexity index is 856. The quantitative estimate of drug-likeness (QED) is 0.628. The molecule has 1 aromatic carbocycles. The summed E-state index contributed by atoms with van der Waals surface area (Å²) in [7, 11) is 0. The molecule has 29 heavy (non-hydrogen) atoms. The molecule has 1 aliphatic rings. The third kappa shape index (κ3) is 4.84. The number of carbonyl (C=O) groups excluding carboxylic acids is 2. The number of nitrogens with one attached hydrogen (secondary N) is 1. The Morgan fingerprint density at radius 3 is 2.34 bits per heavy atom. The van der Waals surface area contributed by atoms with Crippen molar-refractivity contribution in [2.75, 3.05) is 6.61 Å². The Hall–Kier alpha value is -2.69. The van der Waals surface area contributed by atoms with Gasteiger partial charge < -0.3 is 10.1 Å². The van der Waals surface area contributed by atoms with E-state index in [0.717, 1.165) is 11.1 Å². The fourth-order valence-electron chi connectivity index (χ4n) is 3.51. The lowest BCUT2D eigenvalue weighted by atomic mass is 9.86. The maximum absolute atomic E-state index is 13.0. The van der Waals surface area contributed by atoms with Gasteiger partial charge in [-0.2, -0.15) is 0 Å². The summed E-state index contributed by atoms with van der Waals surface area (Å²) >= 11 is 0. The van der Waals surface area contributed by atoms with Gasteiger partial charge in [-0.1, -0.05) is 51.1 Å². The van der Waals surface area contributed by atoms with Gasteiger partial charge in [-0.25, -0.2) is 4.98 Å². The SMILES string of the molecule is CCC(=O)C(CC)(CC)NC(=O)c1ccc(-c2ccccc2)c(OCC2CC2)n1. The lowest BCUT2D eigenvalue weighted by molar-refractivity contribution is -0.125. The second kappa shape index (κ2) is 9.21. The smallest absolute Gasteiger partial charge is 0.270 e. The van der Waals surface area contributed by atoms with Gasteiger partial charge in [0.15, 0.2) is 5.78 Å². The number of benzene rings is 1. The number of hydrogen-bond acceptors (Lipinski definition) is 4. The van der Waals surface area contributed by atoms with E-state index in [1.807, 2.05) is 57.2 Å². The Morgan fingerprint density at radius 2 is 1.76 bits per heavy atom. The molecule has 5 heteroatoms.